The molecule has 0 radical (unpaired) electrons. The Kier molecular flexibility index (Phi) is 7.89. The van der Waals surface area contributed by atoms with Crippen molar-refractivity contribution in [3.05, 3.63) is 103 Å². The van der Waals surface area contributed by atoms with Gasteiger partial charge in [-0.2, -0.15) is 4.57 Å². The van der Waals surface area contributed by atoms with Gasteiger partial charge < -0.3 is 5.11 Å². The largest absolute Gasteiger partial charge is 0.477 e. The molecule has 3 aromatic carbocycles. The topological polar surface area (TPSA) is 133 Å². The molecule has 0 unspecified atom stereocenters. The van der Waals surface area contributed by atoms with Gasteiger partial charge in [0.15, 0.2) is 0 Å². The summed E-state index contributed by atoms with van der Waals surface area (Å²) in [6.07, 6.45) is 0. The number of aromatic nitrogens is 1. The second-order valence-electron chi connectivity index (χ2n) is 6.97. The van der Waals surface area contributed by atoms with Crippen molar-refractivity contribution in [1.29, 1.82) is 0 Å². The van der Waals surface area contributed by atoms with Gasteiger partial charge in [-0.3, -0.25) is 0 Å². The van der Waals surface area contributed by atoms with Gasteiger partial charge in [-0.15, -0.1) is 10.2 Å². The van der Waals surface area contributed by atoms with Gasteiger partial charge in [0.05, 0.1) is 0 Å². The number of rotatable bonds is 5. The van der Waals surface area contributed by atoms with Gasteiger partial charge in [-0.05, 0) is 35.4 Å². The Balaban J connectivity index is 0.000000555. The average Bonchev–Trinajstić information content (AvgIpc) is 2.79. The summed E-state index contributed by atoms with van der Waals surface area (Å²) in [5.74, 6) is -0.869. The van der Waals surface area contributed by atoms with Crippen LogP contribution in [0.15, 0.2) is 103 Å². The molecule has 0 aliphatic rings. The normalized spacial score (nSPS) is 10.8. The van der Waals surface area contributed by atoms with Crippen LogP contribution in [0.5, 0.6) is 0 Å². The summed E-state index contributed by atoms with van der Waals surface area (Å²) in [4.78, 5) is 11.7. The summed E-state index contributed by atoms with van der Waals surface area (Å²) in [7, 11) is -4.94. The van der Waals surface area contributed by atoms with E-state index in [1.54, 1.807) is 0 Å². The molecule has 8 heteroatoms. The van der Waals surface area contributed by atoms with Gasteiger partial charge in [-0.25, -0.2) is 23.4 Å². The number of carboxylic acids is 1. The third-order valence-corrected chi connectivity index (χ3v) is 4.71. The van der Waals surface area contributed by atoms with Gasteiger partial charge in [0, 0.05) is 23.3 Å². The summed E-state index contributed by atoms with van der Waals surface area (Å²) in [6.45, 7) is -0.108. The smallest absolute Gasteiger partial charge is 0.370 e. The second kappa shape index (κ2) is 10.8. The van der Waals surface area contributed by atoms with Crippen molar-refractivity contribution in [3.8, 4) is 33.6 Å². The van der Waals surface area contributed by atoms with Crippen molar-refractivity contribution in [2.75, 3.05) is 0 Å². The molecule has 1 heterocycles. The monoisotopic (exact) mass is 465 g/mol. The molecule has 0 spiro atoms. The zero-order valence-corrected chi connectivity index (χ0v) is 18.1. The van der Waals surface area contributed by atoms with Gasteiger partial charge in [0.2, 0.25) is 17.9 Å². The van der Waals surface area contributed by atoms with Crippen LogP contribution in [0, 0.1) is 10.2 Å². The highest BCUT2D eigenvalue weighted by Crippen LogP contribution is 2.29. The fraction of sp³-hybridized carbons (Fsp3) is 0.0400. The molecule has 33 heavy (non-hydrogen) atoms. The summed E-state index contributed by atoms with van der Waals surface area (Å²) >= 11 is 0. The third kappa shape index (κ3) is 7.21. The molecule has 0 atom stereocenters. The number of carboxylic acid groups (broad SMARTS) is 1. The maximum Gasteiger partial charge on any atom is 0.370 e. The lowest BCUT2D eigenvalue weighted by atomic mass is 9.99. The van der Waals surface area contributed by atoms with Crippen LogP contribution in [-0.4, -0.2) is 11.1 Å². The van der Waals surface area contributed by atoms with Gasteiger partial charge in [0.25, 0.3) is 0 Å². The lowest BCUT2D eigenvalue weighted by molar-refractivity contribution is -2.00. The van der Waals surface area contributed by atoms with E-state index >= 15 is 0 Å². The van der Waals surface area contributed by atoms with Gasteiger partial charge >= 0.3 is 5.97 Å². The van der Waals surface area contributed by atoms with Crippen molar-refractivity contribution < 1.29 is 43.3 Å². The van der Waals surface area contributed by atoms with E-state index in [1.807, 2.05) is 83.4 Å². The Labute approximate surface area is 192 Å². The van der Waals surface area contributed by atoms with E-state index in [9.17, 15) is 9.90 Å². The molecule has 0 fully saturated rings. The number of hydrogen-bond donors (Lipinski definition) is 1. The van der Waals surface area contributed by atoms with Crippen LogP contribution in [0.2, 0.25) is 0 Å². The van der Waals surface area contributed by atoms with E-state index in [0.717, 1.165) is 33.6 Å². The highest BCUT2D eigenvalue weighted by atomic mass is 35.7. The molecule has 0 saturated carbocycles. The highest BCUT2D eigenvalue weighted by molar-refractivity contribution is 5.74. The fourth-order valence-corrected chi connectivity index (χ4v) is 3.42. The molecule has 0 amide bonds. The number of pyridine rings is 1. The predicted molar refractivity (Wildman–Crippen MR) is 111 cm³/mol. The Morgan fingerprint density at radius 2 is 0.970 bits per heavy atom. The van der Waals surface area contributed by atoms with E-state index in [0.29, 0.717) is 0 Å². The van der Waals surface area contributed by atoms with Crippen LogP contribution in [0.3, 0.4) is 0 Å². The van der Waals surface area contributed by atoms with E-state index in [-0.39, 0.29) is 6.54 Å². The van der Waals surface area contributed by atoms with E-state index in [4.69, 9.17) is 18.6 Å². The molecule has 168 valence electrons. The lowest BCUT2D eigenvalue weighted by Gasteiger charge is -2.17. The molecule has 0 aliphatic carbocycles. The Hall–Kier alpha value is -3.59. The first-order chi connectivity index (χ1) is 15.7. The lowest BCUT2D eigenvalue weighted by Crippen LogP contribution is -2.68. The zero-order valence-electron chi connectivity index (χ0n) is 17.3. The Morgan fingerprint density at radius 1 is 0.636 bits per heavy atom. The maximum absolute atomic E-state index is 11.7. The molecular weight excluding hydrogens is 446 g/mol. The van der Waals surface area contributed by atoms with Crippen molar-refractivity contribution in [1.82, 2.24) is 0 Å². The fourth-order valence-electron chi connectivity index (χ4n) is 3.42. The minimum absolute atomic E-state index is 0.108. The number of hydrogen-bond acceptors (Lipinski definition) is 5. The van der Waals surface area contributed by atoms with Crippen LogP contribution < -0.4 is 23.2 Å². The second-order valence-corrected chi connectivity index (χ2v) is 7.73. The summed E-state index contributed by atoms with van der Waals surface area (Å²) in [6, 6.07) is 34.1. The first-order valence-electron chi connectivity index (χ1n) is 9.80. The number of carbonyl (C=O) groups is 1. The van der Waals surface area contributed by atoms with Crippen LogP contribution in [0.25, 0.3) is 33.6 Å². The molecule has 0 aliphatic heterocycles. The predicted octanol–water partition coefficient (Wildman–Crippen LogP) is 0.304. The molecule has 0 saturated heterocycles. The van der Waals surface area contributed by atoms with Crippen LogP contribution >= 0.6 is 0 Å². The van der Waals surface area contributed by atoms with E-state index in [1.165, 1.54) is 0 Å². The number of benzene rings is 3. The minimum atomic E-state index is -4.94. The standard InChI is InChI=1S/C25H19NO2.ClHO4/c27-25(28)18-26-23(20-12-6-2-7-13-20)16-22(19-10-4-1-5-11-19)17-24(26)21-14-8-3-9-15-21;2-1(3,4)5/h1-17H,18H2;(H,2,3,4,5). The summed E-state index contributed by atoms with van der Waals surface area (Å²) in [5.41, 5.74) is 5.88. The first-order valence-corrected chi connectivity index (χ1v) is 11.0. The van der Waals surface area contributed by atoms with Crippen LogP contribution in [0.4, 0.5) is 0 Å². The third-order valence-electron chi connectivity index (χ3n) is 4.71. The molecule has 7 nitrogen and oxygen atoms in total. The number of nitrogens with zero attached hydrogens (tertiary/aromatic N) is 1. The van der Waals surface area contributed by atoms with Gasteiger partial charge in [-0.1, -0.05) is 66.7 Å². The minimum Gasteiger partial charge on any atom is -0.477 e. The molecule has 4 aromatic rings. The highest BCUT2D eigenvalue weighted by Gasteiger charge is 2.24. The van der Waals surface area contributed by atoms with Gasteiger partial charge in [0.1, 0.15) is 0 Å². The number of halogens is 1. The maximum atomic E-state index is 11.7. The van der Waals surface area contributed by atoms with Crippen molar-refractivity contribution >= 4 is 5.97 Å². The Morgan fingerprint density at radius 3 is 1.30 bits per heavy atom. The van der Waals surface area contributed by atoms with Crippen molar-refractivity contribution in [3.63, 3.8) is 0 Å². The molecule has 0 bridgehead atoms. The quantitative estimate of drug-likeness (QED) is 0.421. The number of aliphatic carboxylic acids is 1. The van der Waals surface area contributed by atoms with Crippen molar-refractivity contribution in [2.24, 2.45) is 0 Å². The van der Waals surface area contributed by atoms with Crippen molar-refractivity contribution in [2.45, 2.75) is 6.54 Å². The van der Waals surface area contributed by atoms with Crippen LogP contribution in [0.1, 0.15) is 0 Å². The molecule has 1 N–H and O–H groups in total. The average molecular weight is 466 g/mol. The zero-order chi connectivity index (χ0) is 23.8. The molecule has 1 aromatic heterocycles. The first kappa shape index (κ1) is 24.1. The van der Waals surface area contributed by atoms with E-state index in [2.05, 4.69) is 24.3 Å². The SMILES string of the molecule is O=C(O)C[n+]1c(-c2ccccc2)cc(-c2ccccc2)cc1-c1ccccc1.[O-][Cl+3]([O-])([O-])[O-]. The summed E-state index contributed by atoms with van der Waals surface area (Å²) < 4.78 is 35.8. The Bertz CT molecular complexity index is 1130. The molecule has 4 rings (SSSR count). The summed E-state index contributed by atoms with van der Waals surface area (Å²) in [5, 5.41) is 9.58. The molecular formula is C25H20ClNO6. The van der Waals surface area contributed by atoms with E-state index < -0.39 is 16.2 Å². The van der Waals surface area contributed by atoms with Crippen LogP contribution in [-0.2, 0) is 11.3 Å².